The van der Waals surface area contributed by atoms with Gasteiger partial charge in [-0.25, -0.2) is 0 Å². The van der Waals surface area contributed by atoms with Crippen LogP contribution >= 0.6 is 11.9 Å². The monoisotopic (exact) mass is 437 g/mol. The number of methoxy groups -OCH3 is 1. The maximum atomic E-state index is 10.2. The van der Waals surface area contributed by atoms with Gasteiger partial charge in [0.25, 0.3) is 0 Å². The van der Waals surface area contributed by atoms with Gasteiger partial charge in [0.2, 0.25) is 0 Å². The summed E-state index contributed by atoms with van der Waals surface area (Å²) in [5.74, 6) is 0.656. The summed E-state index contributed by atoms with van der Waals surface area (Å²) < 4.78 is 14.0. The van der Waals surface area contributed by atoms with E-state index in [1.54, 1.807) is 25.1 Å². The number of rotatable bonds is 8. The lowest BCUT2D eigenvalue weighted by atomic mass is 10.2. The summed E-state index contributed by atoms with van der Waals surface area (Å²) in [5.41, 5.74) is 4.07. The second-order valence-corrected chi connectivity index (χ2v) is 8.08. The molecule has 0 atom stereocenters. The number of ether oxygens (including phenoxy) is 2. The van der Waals surface area contributed by atoms with Crippen LogP contribution in [0.1, 0.15) is 5.56 Å². The molecule has 0 saturated carbocycles. The van der Waals surface area contributed by atoms with Gasteiger partial charge in [0.05, 0.1) is 20.3 Å². The smallest absolute Gasteiger partial charge is 0.162 e. The summed E-state index contributed by atoms with van der Waals surface area (Å²) in [7, 11) is 1.55. The first-order chi connectivity index (χ1) is 15.2. The molecule has 3 aromatic carbocycles. The fourth-order valence-electron chi connectivity index (χ4n) is 3.42. The molecule has 1 aliphatic rings. The summed E-state index contributed by atoms with van der Waals surface area (Å²) in [6.45, 7) is 3.94. The van der Waals surface area contributed by atoms with Gasteiger partial charge < -0.3 is 29.5 Å². The van der Waals surface area contributed by atoms with Gasteiger partial charge in [0, 0.05) is 47.2 Å². The van der Waals surface area contributed by atoms with Gasteiger partial charge in [-0.05, 0) is 60.5 Å². The Bertz CT molecular complexity index is 992. The average molecular weight is 438 g/mol. The third-order valence-electron chi connectivity index (χ3n) is 5.15. The second kappa shape index (κ2) is 10.3. The SMILES string of the molecule is COc1cccc(CNc2ccc(SNc3cccc(N4CCOCC4)c3)cc2)c1O. The molecule has 0 spiro atoms. The van der Waals surface area contributed by atoms with E-state index < -0.39 is 0 Å². The normalized spacial score (nSPS) is 13.6. The summed E-state index contributed by atoms with van der Waals surface area (Å²) in [5, 5.41) is 13.5. The Kier molecular flexibility index (Phi) is 7.07. The summed E-state index contributed by atoms with van der Waals surface area (Å²) >= 11 is 1.58. The number of anilines is 3. The van der Waals surface area contributed by atoms with Crippen LogP contribution in [0.3, 0.4) is 0 Å². The number of nitrogens with zero attached hydrogens (tertiary/aromatic N) is 1. The van der Waals surface area contributed by atoms with Gasteiger partial charge in [-0.15, -0.1) is 0 Å². The molecule has 0 aliphatic carbocycles. The molecular formula is C24H27N3O3S. The van der Waals surface area contributed by atoms with Crippen molar-refractivity contribution in [2.75, 3.05) is 48.4 Å². The zero-order valence-electron chi connectivity index (χ0n) is 17.5. The Morgan fingerprint density at radius 2 is 1.77 bits per heavy atom. The molecule has 1 saturated heterocycles. The Morgan fingerprint density at radius 3 is 2.55 bits per heavy atom. The highest BCUT2D eigenvalue weighted by molar-refractivity contribution is 8.00. The summed E-state index contributed by atoms with van der Waals surface area (Å²) in [6.07, 6.45) is 0. The number of phenolic OH excluding ortho intramolecular Hbond substituents is 1. The van der Waals surface area contributed by atoms with E-state index >= 15 is 0 Å². The first-order valence-corrected chi connectivity index (χ1v) is 11.1. The van der Waals surface area contributed by atoms with Crippen LogP contribution in [0.5, 0.6) is 11.5 Å². The lowest BCUT2D eigenvalue weighted by Crippen LogP contribution is -2.36. The van der Waals surface area contributed by atoms with Gasteiger partial charge in [-0.3, -0.25) is 0 Å². The van der Waals surface area contributed by atoms with Crippen LogP contribution in [0.15, 0.2) is 71.6 Å². The number of nitrogens with one attached hydrogen (secondary N) is 2. The van der Waals surface area contributed by atoms with Crippen LogP contribution < -0.4 is 19.7 Å². The van der Waals surface area contributed by atoms with Crippen molar-refractivity contribution in [1.29, 1.82) is 0 Å². The van der Waals surface area contributed by atoms with Gasteiger partial charge in [-0.2, -0.15) is 0 Å². The van der Waals surface area contributed by atoms with Crippen molar-refractivity contribution in [1.82, 2.24) is 0 Å². The van der Waals surface area contributed by atoms with Crippen LogP contribution in [-0.2, 0) is 11.3 Å². The molecule has 0 unspecified atom stereocenters. The average Bonchev–Trinajstić information content (AvgIpc) is 2.83. The zero-order chi connectivity index (χ0) is 21.5. The van der Waals surface area contributed by atoms with Crippen molar-refractivity contribution in [2.24, 2.45) is 0 Å². The Morgan fingerprint density at radius 1 is 1.00 bits per heavy atom. The molecular weight excluding hydrogens is 410 g/mol. The highest BCUT2D eigenvalue weighted by Gasteiger charge is 2.11. The van der Waals surface area contributed by atoms with E-state index in [0.29, 0.717) is 12.3 Å². The molecule has 1 heterocycles. The number of aromatic hydroxyl groups is 1. The van der Waals surface area contributed by atoms with Crippen molar-refractivity contribution in [3.63, 3.8) is 0 Å². The van der Waals surface area contributed by atoms with E-state index in [9.17, 15) is 5.11 Å². The number of para-hydroxylation sites is 1. The van der Waals surface area contributed by atoms with Crippen LogP contribution in [-0.4, -0.2) is 38.5 Å². The van der Waals surface area contributed by atoms with Crippen molar-refractivity contribution in [3.8, 4) is 11.5 Å². The topological polar surface area (TPSA) is 66.0 Å². The van der Waals surface area contributed by atoms with Crippen LogP contribution in [0.4, 0.5) is 17.1 Å². The third kappa shape index (κ3) is 5.57. The summed E-state index contributed by atoms with van der Waals surface area (Å²) in [4.78, 5) is 3.46. The molecule has 0 radical (unpaired) electrons. The Balaban J connectivity index is 1.31. The van der Waals surface area contributed by atoms with Gasteiger partial charge in [-0.1, -0.05) is 18.2 Å². The number of morpholine rings is 1. The largest absolute Gasteiger partial charge is 0.504 e. The predicted molar refractivity (Wildman–Crippen MR) is 127 cm³/mol. The second-order valence-electron chi connectivity index (χ2n) is 7.20. The number of benzene rings is 3. The third-order valence-corrected chi connectivity index (χ3v) is 5.99. The molecule has 4 rings (SSSR count). The lowest BCUT2D eigenvalue weighted by molar-refractivity contribution is 0.122. The molecule has 7 heteroatoms. The number of hydrogen-bond donors (Lipinski definition) is 3. The van der Waals surface area contributed by atoms with Crippen LogP contribution in [0, 0.1) is 0 Å². The Labute approximate surface area is 187 Å². The van der Waals surface area contributed by atoms with Gasteiger partial charge in [0.15, 0.2) is 11.5 Å². The maximum absolute atomic E-state index is 10.2. The minimum Gasteiger partial charge on any atom is -0.504 e. The minimum absolute atomic E-state index is 0.174. The first kappa shape index (κ1) is 21.2. The molecule has 3 N–H and O–H groups in total. The van der Waals surface area contributed by atoms with Gasteiger partial charge >= 0.3 is 0 Å². The quantitative estimate of drug-likeness (QED) is 0.430. The molecule has 0 amide bonds. The van der Waals surface area contributed by atoms with Crippen molar-refractivity contribution in [2.45, 2.75) is 11.4 Å². The highest BCUT2D eigenvalue weighted by Crippen LogP contribution is 2.30. The van der Waals surface area contributed by atoms with Crippen molar-refractivity contribution in [3.05, 3.63) is 72.3 Å². The molecule has 1 fully saturated rings. The molecule has 1 aliphatic heterocycles. The fourth-order valence-corrected chi connectivity index (χ4v) is 4.05. The lowest BCUT2D eigenvalue weighted by Gasteiger charge is -2.29. The van der Waals surface area contributed by atoms with Crippen LogP contribution in [0.2, 0.25) is 0 Å². The van der Waals surface area contributed by atoms with E-state index in [1.165, 1.54) is 5.69 Å². The fraction of sp³-hybridized carbons (Fsp3) is 0.250. The van der Waals surface area contributed by atoms with E-state index in [1.807, 2.05) is 24.3 Å². The predicted octanol–water partition coefficient (Wildman–Crippen LogP) is 4.97. The number of phenols is 1. The molecule has 0 bridgehead atoms. The van der Waals surface area contributed by atoms with E-state index in [-0.39, 0.29) is 5.75 Å². The van der Waals surface area contributed by atoms with E-state index in [4.69, 9.17) is 9.47 Å². The first-order valence-electron chi connectivity index (χ1n) is 10.3. The number of hydrogen-bond acceptors (Lipinski definition) is 7. The molecule has 0 aromatic heterocycles. The zero-order valence-corrected chi connectivity index (χ0v) is 18.3. The van der Waals surface area contributed by atoms with E-state index in [0.717, 1.165) is 48.1 Å². The van der Waals surface area contributed by atoms with Crippen molar-refractivity contribution >= 4 is 29.0 Å². The highest BCUT2D eigenvalue weighted by atomic mass is 32.2. The molecule has 31 heavy (non-hydrogen) atoms. The standard InChI is InChI=1S/C24H27N3O3S/c1-29-23-7-2-4-18(24(23)28)17-25-19-8-10-22(11-9-19)31-26-20-5-3-6-21(16-20)27-12-14-30-15-13-27/h2-11,16,25-26,28H,12-15,17H2,1H3. The Hall–Kier alpha value is -3.03. The summed E-state index contributed by atoms with van der Waals surface area (Å²) in [6, 6.07) is 22.2. The van der Waals surface area contributed by atoms with Crippen molar-refractivity contribution < 1.29 is 14.6 Å². The van der Waals surface area contributed by atoms with E-state index in [2.05, 4.69) is 51.3 Å². The maximum Gasteiger partial charge on any atom is 0.162 e. The molecule has 162 valence electrons. The molecule has 3 aromatic rings. The molecule has 6 nitrogen and oxygen atoms in total. The van der Waals surface area contributed by atoms with Crippen LogP contribution in [0.25, 0.3) is 0 Å². The minimum atomic E-state index is 0.174. The van der Waals surface area contributed by atoms with Gasteiger partial charge in [0.1, 0.15) is 0 Å².